The Balaban J connectivity index is 1.75. The first-order valence-electron chi connectivity index (χ1n) is 9.56. The van der Waals surface area contributed by atoms with Crippen molar-refractivity contribution < 1.29 is 4.79 Å². The third-order valence-corrected chi connectivity index (χ3v) is 5.27. The minimum Gasteiger partial charge on any atom is -0.316 e. The van der Waals surface area contributed by atoms with E-state index in [4.69, 9.17) is 11.6 Å². The molecule has 0 fully saturated rings. The van der Waals surface area contributed by atoms with Crippen molar-refractivity contribution in [3.8, 4) is 5.69 Å². The van der Waals surface area contributed by atoms with E-state index in [2.05, 4.69) is 35.9 Å². The van der Waals surface area contributed by atoms with Crippen molar-refractivity contribution in [2.75, 3.05) is 0 Å². The molecule has 0 saturated carbocycles. The van der Waals surface area contributed by atoms with Crippen LogP contribution in [0.4, 0.5) is 0 Å². The SMILES string of the molecule is Cc1cc(/C=N\NC(=O)c2ccc(C(C)(C)C)cc2)c(C)n1-c1ccccc1Cl. The summed E-state index contributed by atoms with van der Waals surface area (Å²) >= 11 is 6.35. The molecule has 0 aliphatic heterocycles. The number of rotatable bonds is 4. The summed E-state index contributed by atoms with van der Waals surface area (Å²) in [5, 5.41) is 4.83. The van der Waals surface area contributed by atoms with E-state index in [9.17, 15) is 4.79 Å². The van der Waals surface area contributed by atoms with E-state index < -0.39 is 0 Å². The van der Waals surface area contributed by atoms with Crippen LogP contribution in [0.2, 0.25) is 5.02 Å². The van der Waals surface area contributed by atoms with Gasteiger partial charge in [-0.2, -0.15) is 5.10 Å². The van der Waals surface area contributed by atoms with Crippen LogP contribution in [-0.4, -0.2) is 16.7 Å². The fourth-order valence-electron chi connectivity index (χ4n) is 3.27. The Bertz CT molecular complexity index is 1060. The summed E-state index contributed by atoms with van der Waals surface area (Å²) in [6.07, 6.45) is 1.66. The summed E-state index contributed by atoms with van der Waals surface area (Å²) in [5.41, 5.74) is 8.32. The van der Waals surface area contributed by atoms with Gasteiger partial charge in [0.2, 0.25) is 0 Å². The average molecular weight is 408 g/mol. The maximum absolute atomic E-state index is 12.4. The zero-order valence-electron chi connectivity index (χ0n) is 17.5. The molecule has 0 bridgehead atoms. The number of amides is 1. The molecule has 0 spiro atoms. The number of halogens is 1. The van der Waals surface area contributed by atoms with E-state index in [0.717, 1.165) is 22.6 Å². The Morgan fingerprint density at radius 3 is 2.34 bits per heavy atom. The van der Waals surface area contributed by atoms with Crippen molar-refractivity contribution >= 4 is 23.7 Å². The number of nitrogens with one attached hydrogen (secondary N) is 1. The third kappa shape index (κ3) is 4.60. The van der Waals surface area contributed by atoms with Crippen molar-refractivity contribution in [3.63, 3.8) is 0 Å². The van der Waals surface area contributed by atoms with Crippen molar-refractivity contribution in [2.24, 2.45) is 5.10 Å². The summed E-state index contributed by atoms with van der Waals surface area (Å²) in [4.78, 5) is 12.4. The van der Waals surface area contributed by atoms with Crippen LogP contribution in [0, 0.1) is 13.8 Å². The number of nitrogens with zero attached hydrogens (tertiary/aromatic N) is 2. The van der Waals surface area contributed by atoms with Crippen LogP contribution in [-0.2, 0) is 5.41 Å². The van der Waals surface area contributed by atoms with Gasteiger partial charge in [-0.15, -0.1) is 0 Å². The van der Waals surface area contributed by atoms with Crippen LogP contribution in [0.15, 0.2) is 59.7 Å². The van der Waals surface area contributed by atoms with Gasteiger partial charge in [-0.1, -0.05) is 56.6 Å². The zero-order valence-corrected chi connectivity index (χ0v) is 18.2. The molecule has 1 amide bonds. The number of hydrazone groups is 1. The molecule has 2 aromatic carbocycles. The lowest BCUT2D eigenvalue weighted by molar-refractivity contribution is 0.0955. The lowest BCUT2D eigenvalue weighted by Crippen LogP contribution is -2.18. The molecule has 5 heteroatoms. The molecule has 0 aliphatic carbocycles. The molecule has 4 nitrogen and oxygen atoms in total. The van der Waals surface area contributed by atoms with E-state index in [-0.39, 0.29) is 11.3 Å². The van der Waals surface area contributed by atoms with Gasteiger partial charge in [0.1, 0.15) is 0 Å². The second-order valence-electron chi connectivity index (χ2n) is 8.14. The molecule has 0 radical (unpaired) electrons. The van der Waals surface area contributed by atoms with Crippen molar-refractivity contribution in [3.05, 3.63) is 87.7 Å². The highest BCUT2D eigenvalue weighted by atomic mass is 35.5. The van der Waals surface area contributed by atoms with E-state index in [1.807, 2.05) is 68.4 Å². The Morgan fingerprint density at radius 1 is 1.07 bits per heavy atom. The van der Waals surface area contributed by atoms with Crippen LogP contribution in [0.1, 0.15) is 53.6 Å². The number of aromatic nitrogens is 1. The highest BCUT2D eigenvalue weighted by Crippen LogP contribution is 2.26. The number of hydrogen-bond acceptors (Lipinski definition) is 2. The molecule has 29 heavy (non-hydrogen) atoms. The number of para-hydroxylation sites is 1. The van der Waals surface area contributed by atoms with Gasteiger partial charge in [0.15, 0.2) is 0 Å². The van der Waals surface area contributed by atoms with Crippen molar-refractivity contribution in [2.45, 2.75) is 40.0 Å². The predicted octanol–water partition coefficient (Wildman–Crippen LogP) is 5.81. The summed E-state index contributed by atoms with van der Waals surface area (Å²) in [7, 11) is 0. The molecule has 3 rings (SSSR count). The molecule has 1 heterocycles. The van der Waals surface area contributed by atoms with Crippen molar-refractivity contribution in [1.82, 2.24) is 9.99 Å². The summed E-state index contributed by atoms with van der Waals surface area (Å²) < 4.78 is 2.08. The quantitative estimate of drug-likeness (QED) is 0.430. The largest absolute Gasteiger partial charge is 0.316 e. The summed E-state index contributed by atoms with van der Waals surface area (Å²) in [6, 6.07) is 17.4. The molecule has 150 valence electrons. The molecule has 0 unspecified atom stereocenters. The van der Waals surface area contributed by atoms with E-state index in [1.165, 1.54) is 5.56 Å². The highest BCUT2D eigenvalue weighted by molar-refractivity contribution is 6.32. The highest BCUT2D eigenvalue weighted by Gasteiger charge is 2.14. The molecule has 3 aromatic rings. The van der Waals surface area contributed by atoms with Crippen LogP contribution in [0.3, 0.4) is 0 Å². The van der Waals surface area contributed by atoms with Gasteiger partial charge >= 0.3 is 0 Å². The maximum Gasteiger partial charge on any atom is 0.271 e. The Kier molecular flexibility index (Phi) is 5.94. The van der Waals surface area contributed by atoms with E-state index >= 15 is 0 Å². The normalized spacial score (nSPS) is 11.8. The first kappa shape index (κ1) is 20.9. The van der Waals surface area contributed by atoms with Gasteiger partial charge in [-0.25, -0.2) is 5.43 Å². The second-order valence-corrected chi connectivity index (χ2v) is 8.55. The smallest absolute Gasteiger partial charge is 0.271 e. The Morgan fingerprint density at radius 2 is 1.72 bits per heavy atom. The monoisotopic (exact) mass is 407 g/mol. The molecule has 1 N–H and O–H groups in total. The fraction of sp³-hybridized carbons (Fsp3) is 0.250. The second kappa shape index (κ2) is 8.26. The van der Waals surface area contributed by atoms with Gasteiger partial charge in [0, 0.05) is 22.5 Å². The van der Waals surface area contributed by atoms with Crippen LogP contribution < -0.4 is 5.43 Å². The van der Waals surface area contributed by atoms with E-state index in [1.54, 1.807) is 6.21 Å². The predicted molar refractivity (Wildman–Crippen MR) is 120 cm³/mol. The lowest BCUT2D eigenvalue weighted by Gasteiger charge is -2.18. The minimum atomic E-state index is -0.235. The third-order valence-electron chi connectivity index (χ3n) is 4.95. The zero-order chi connectivity index (χ0) is 21.2. The van der Waals surface area contributed by atoms with Crippen LogP contribution >= 0.6 is 11.6 Å². The summed E-state index contributed by atoms with van der Waals surface area (Å²) in [6.45, 7) is 10.5. The number of carbonyl (C=O) groups is 1. The first-order valence-corrected chi connectivity index (χ1v) is 9.94. The lowest BCUT2D eigenvalue weighted by atomic mass is 9.87. The molecular formula is C24H26ClN3O. The van der Waals surface area contributed by atoms with Gasteiger partial charge in [0.25, 0.3) is 5.91 Å². The fourth-order valence-corrected chi connectivity index (χ4v) is 3.49. The maximum atomic E-state index is 12.4. The summed E-state index contributed by atoms with van der Waals surface area (Å²) in [5.74, 6) is -0.235. The number of aryl methyl sites for hydroxylation is 1. The van der Waals surface area contributed by atoms with Gasteiger partial charge in [0.05, 0.1) is 16.9 Å². The number of carbonyl (C=O) groups excluding carboxylic acids is 1. The minimum absolute atomic E-state index is 0.0529. The average Bonchev–Trinajstić information content (AvgIpc) is 2.95. The molecule has 1 aromatic heterocycles. The standard InChI is InChI=1S/C24H26ClN3O/c1-16-14-19(17(2)28(16)22-9-7-6-8-21(22)25)15-26-27-23(29)18-10-12-20(13-11-18)24(3,4)5/h6-15H,1-5H3,(H,27,29)/b26-15-. The topological polar surface area (TPSA) is 46.4 Å². The van der Waals surface area contributed by atoms with Gasteiger partial charge in [-0.3, -0.25) is 4.79 Å². The number of benzene rings is 2. The first-order chi connectivity index (χ1) is 13.7. The Labute approximate surface area is 177 Å². The van der Waals surface area contributed by atoms with Gasteiger partial charge in [-0.05, 0) is 55.2 Å². The van der Waals surface area contributed by atoms with Crippen molar-refractivity contribution in [1.29, 1.82) is 0 Å². The van der Waals surface area contributed by atoms with Crippen LogP contribution in [0.25, 0.3) is 5.69 Å². The van der Waals surface area contributed by atoms with E-state index in [0.29, 0.717) is 10.6 Å². The molecular weight excluding hydrogens is 382 g/mol. The van der Waals surface area contributed by atoms with Crippen LogP contribution in [0.5, 0.6) is 0 Å². The Hall–Kier alpha value is -2.85. The molecule has 0 aliphatic rings. The van der Waals surface area contributed by atoms with Gasteiger partial charge < -0.3 is 4.57 Å². The molecule has 0 atom stereocenters. The number of hydrogen-bond donors (Lipinski definition) is 1. The molecule has 0 saturated heterocycles.